The second-order valence-electron chi connectivity index (χ2n) is 4.69. The summed E-state index contributed by atoms with van der Waals surface area (Å²) < 4.78 is 5.39. The van der Waals surface area contributed by atoms with Crippen LogP contribution < -0.4 is 4.74 Å². The van der Waals surface area contributed by atoms with Gasteiger partial charge in [-0.1, -0.05) is 34.5 Å². The number of rotatable bonds is 4. The zero-order valence-electron chi connectivity index (χ0n) is 11.7. The molecule has 0 atom stereocenters. The van der Waals surface area contributed by atoms with Gasteiger partial charge < -0.3 is 4.74 Å². The molecule has 0 unspecified atom stereocenters. The van der Waals surface area contributed by atoms with Crippen LogP contribution in [0, 0.1) is 0 Å². The molecule has 3 rings (SSSR count). The number of H-pyrrole nitrogens is 1. The van der Waals surface area contributed by atoms with Crippen LogP contribution in [0.4, 0.5) is 0 Å². The Kier molecular flexibility index (Phi) is 4.27. The number of hydrogen-bond donors (Lipinski definition) is 1. The molecular weight excluding hydrogens is 323 g/mol. The van der Waals surface area contributed by atoms with Gasteiger partial charge in [-0.05, 0) is 41.5 Å². The fraction of sp³-hybridized carbons (Fsp3) is 0.133. The lowest BCUT2D eigenvalue weighted by Gasteiger charge is -2.10. The summed E-state index contributed by atoms with van der Waals surface area (Å²) in [6.07, 6.45) is 0.516. The lowest BCUT2D eigenvalue weighted by molar-refractivity contribution is 0.410. The molecule has 0 saturated heterocycles. The van der Waals surface area contributed by atoms with Crippen LogP contribution in [0.1, 0.15) is 11.4 Å². The van der Waals surface area contributed by atoms with Gasteiger partial charge in [0, 0.05) is 22.0 Å². The van der Waals surface area contributed by atoms with E-state index in [1.165, 1.54) is 0 Å². The SMILES string of the molecule is COc1ccc(-c2cc(Cl)cc(Cl)c2)cc1Cc1nn[nH]n1. The Morgan fingerprint density at radius 2 is 1.82 bits per heavy atom. The first-order valence-electron chi connectivity index (χ1n) is 6.51. The highest BCUT2D eigenvalue weighted by molar-refractivity contribution is 6.35. The second-order valence-corrected chi connectivity index (χ2v) is 5.56. The Labute approximate surface area is 137 Å². The molecule has 3 aromatic rings. The first-order valence-corrected chi connectivity index (χ1v) is 7.27. The summed E-state index contributed by atoms with van der Waals surface area (Å²) in [5.41, 5.74) is 2.88. The third kappa shape index (κ3) is 3.21. The van der Waals surface area contributed by atoms with E-state index < -0.39 is 0 Å². The van der Waals surface area contributed by atoms with E-state index in [2.05, 4.69) is 20.6 Å². The van der Waals surface area contributed by atoms with Gasteiger partial charge >= 0.3 is 0 Å². The summed E-state index contributed by atoms with van der Waals surface area (Å²) in [6, 6.07) is 11.3. The van der Waals surface area contributed by atoms with Crippen molar-refractivity contribution >= 4 is 23.2 Å². The summed E-state index contributed by atoms with van der Waals surface area (Å²) in [5.74, 6) is 1.36. The topological polar surface area (TPSA) is 63.7 Å². The van der Waals surface area contributed by atoms with Gasteiger partial charge in [0.05, 0.1) is 7.11 Å². The van der Waals surface area contributed by atoms with Crippen LogP contribution in [-0.4, -0.2) is 27.7 Å². The van der Waals surface area contributed by atoms with Gasteiger partial charge in [0.1, 0.15) is 5.75 Å². The van der Waals surface area contributed by atoms with E-state index in [1.807, 2.05) is 30.3 Å². The molecular formula is C15H12Cl2N4O. The summed E-state index contributed by atoms with van der Waals surface area (Å²) in [4.78, 5) is 0. The zero-order valence-corrected chi connectivity index (χ0v) is 13.2. The molecule has 0 aliphatic heterocycles. The molecule has 112 valence electrons. The molecule has 0 fully saturated rings. The predicted molar refractivity (Wildman–Crippen MR) is 85.4 cm³/mol. The van der Waals surface area contributed by atoms with Gasteiger partial charge in [-0.25, -0.2) is 0 Å². The molecule has 0 aliphatic carbocycles. The van der Waals surface area contributed by atoms with Crippen molar-refractivity contribution in [1.29, 1.82) is 0 Å². The Balaban J connectivity index is 2.02. The molecule has 2 aromatic carbocycles. The molecule has 1 aromatic heterocycles. The number of methoxy groups -OCH3 is 1. The Morgan fingerprint density at radius 3 is 2.45 bits per heavy atom. The van der Waals surface area contributed by atoms with Crippen LogP contribution in [0.5, 0.6) is 5.75 Å². The molecule has 5 nitrogen and oxygen atoms in total. The maximum absolute atomic E-state index is 6.07. The Hall–Kier alpha value is -2.11. The average Bonchev–Trinajstić information content (AvgIpc) is 2.99. The third-order valence-electron chi connectivity index (χ3n) is 3.21. The number of aromatic amines is 1. The lowest BCUT2D eigenvalue weighted by atomic mass is 10.0. The molecule has 0 spiro atoms. The molecule has 1 N–H and O–H groups in total. The first kappa shape index (κ1) is 14.8. The highest BCUT2D eigenvalue weighted by atomic mass is 35.5. The van der Waals surface area contributed by atoms with E-state index >= 15 is 0 Å². The van der Waals surface area contributed by atoms with Crippen LogP contribution in [0.15, 0.2) is 36.4 Å². The number of hydrogen-bond acceptors (Lipinski definition) is 4. The van der Waals surface area contributed by atoms with Gasteiger partial charge in [-0.2, -0.15) is 5.21 Å². The smallest absolute Gasteiger partial charge is 0.179 e. The van der Waals surface area contributed by atoms with Gasteiger partial charge in [0.15, 0.2) is 5.82 Å². The highest BCUT2D eigenvalue weighted by Gasteiger charge is 2.10. The van der Waals surface area contributed by atoms with E-state index in [1.54, 1.807) is 13.2 Å². The monoisotopic (exact) mass is 334 g/mol. The van der Waals surface area contributed by atoms with Gasteiger partial charge in [-0.15, -0.1) is 10.2 Å². The molecule has 0 radical (unpaired) electrons. The molecule has 22 heavy (non-hydrogen) atoms. The van der Waals surface area contributed by atoms with Crippen molar-refractivity contribution in [2.24, 2.45) is 0 Å². The van der Waals surface area contributed by atoms with E-state index in [9.17, 15) is 0 Å². The summed E-state index contributed by atoms with van der Waals surface area (Å²) >= 11 is 12.1. The van der Waals surface area contributed by atoms with Crippen molar-refractivity contribution in [3.63, 3.8) is 0 Å². The van der Waals surface area contributed by atoms with E-state index in [4.69, 9.17) is 27.9 Å². The van der Waals surface area contributed by atoms with Crippen LogP contribution >= 0.6 is 23.2 Å². The van der Waals surface area contributed by atoms with Crippen LogP contribution in [0.25, 0.3) is 11.1 Å². The molecule has 0 saturated carbocycles. The average molecular weight is 335 g/mol. The number of nitrogens with one attached hydrogen (secondary N) is 1. The van der Waals surface area contributed by atoms with Crippen LogP contribution in [0.3, 0.4) is 0 Å². The van der Waals surface area contributed by atoms with Crippen molar-refractivity contribution in [1.82, 2.24) is 20.6 Å². The number of aromatic nitrogens is 4. The number of halogens is 2. The van der Waals surface area contributed by atoms with Crippen molar-refractivity contribution in [2.45, 2.75) is 6.42 Å². The Bertz CT molecular complexity index is 770. The summed E-state index contributed by atoms with van der Waals surface area (Å²) in [6.45, 7) is 0. The number of ether oxygens (including phenoxy) is 1. The fourth-order valence-electron chi connectivity index (χ4n) is 2.24. The maximum atomic E-state index is 6.07. The highest BCUT2D eigenvalue weighted by Crippen LogP contribution is 2.31. The quantitative estimate of drug-likeness (QED) is 0.788. The minimum atomic E-state index is 0.516. The van der Waals surface area contributed by atoms with Crippen molar-refractivity contribution in [3.8, 4) is 16.9 Å². The number of nitrogens with zero attached hydrogens (tertiary/aromatic N) is 3. The van der Waals surface area contributed by atoms with E-state index in [0.717, 1.165) is 22.4 Å². The van der Waals surface area contributed by atoms with E-state index in [0.29, 0.717) is 22.3 Å². The van der Waals surface area contributed by atoms with Crippen LogP contribution in [0.2, 0.25) is 10.0 Å². The zero-order chi connectivity index (χ0) is 15.5. The predicted octanol–water partition coefficient (Wildman–Crippen LogP) is 3.77. The van der Waals surface area contributed by atoms with Gasteiger partial charge in [-0.3, -0.25) is 0 Å². The normalized spacial score (nSPS) is 10.7. The number of tetrazole rings is 1. The largest absolute Gasteiger partial charge is 0.496 e. The lowest BCUT2D eigenvalue weighted by Crippen LogP contribution is -1.96. The standard InChI is InChI=1S/C15H12Cl2N4O/c1-22-14-3-2-9(10-5-12(16)8-13(17)6-10)4-11(14)7-15-18-20-21-19-15/h2-6,8H,7H2,1H3,(H,18,19,20,21). The molecule has 0 aliphatic rings. The Morgan fingerprint density at radius 1 is 1.05 bits per heavy atom. The van der Waals surface area contributed by atoms with Crippen molar-refractivity contribution in [3.05, 3.63) is 57.8 Å². The van der Waals surface area contributed by atoms with E-state index in [-0.39, 0.29) is 0 Å². The fourth-order valence-corrected chi connectivity index (χ4v) is 2.77. The first-order chi connectivity index (χ1) is 10.7. The molecule has 1 heterocycles. The second kappa shape index (κ2) is 6.34. The van der Waals surface area contributed by atoms with Gasteiger partial charge in [0.25, 0.3) is 0 Å². The molecule has 0 amide bonds. The summed E-state index contributed by atoms with van der Waals surface area (Å²) in [5, 5.41) is 15.1. The van der Waals surface area contributed by atoms with Crippen molar-refractivity contribution in [2.75, 3.05) is 7.11 Å². The molecule has 7 heteroatoms. The third-order valence-corrected chi connectivity index (χ3v) is 3.65. The number of benzene rings is 2. The summed E-state index contributed by atoms with van der Waals surface area (Å²) in [7, 11) is 1.63. The minimum Gasteiger partial charge on any atom is -0.496 e. The minimum absolute atomic E-state index is 0.516. The van der Waals surface area contributed by atoms with Crippen LogP contribution in [-0.2, 0) is 6.42 Å². The van der Waals surface area contributed by atoms with Gasteiger partial charge in [0.2, 0.25) is 0 Å². The maximum Gasteiger partial charge on any atom is 0.179 e. The van der Waals surface area contributed by atoms with Crippen molar-refractivity contribution < 1.29 is 4.74 Å². The molecule has 0 bridgehead atoms.